The second-order valence-electron chi connectivity index (χ2n) is 4.46. The van der Waals surface area contributed by atoms with Crippen molar-refractivity contribution in [3.63, 3.8) is 0 Å². The third kappa shape index (κ3) is 3.08. The van der Waals surface area contributed by atoms with Crippen LogP contribution in [-0.2, 0) is 6.42 Å². The lowest BCUT2D eigenvalue weighted by atomic mass is 10.0. The lowest BCUT2D eigenvalue weighted by molar-refractivity contribution is 0.482. The van der Waals surface area contributed by atoms with Crippen molar-refractivity contribution in [2.75, 3.05) is 6.54 Å². The molecule has 2 aromatic rings. The van der Waals surface area contributed by atoms with Gasteiger partial charge in [0.15, 0.2) is 0 Å². The molecule has 0 aliphatic heterocycles. The zero-order valence-corrected chi connectivity index (χ0v) is 11.5. The zero-order valence-electron chi connectivity index (χ0n) is 10.7. The van der Waals surface area contributed by atoms with Crippen LogP contribution < -0.4 is 5.32 Å². The van der Waals surface area contributed by atoms with Gasteiger partial charge in [0.05, 0.1) is 0 Å². The number of hydrogen-bond donors (Lipinski definition) is 1. The molecule has 92 valence electrons. The lowest BCUT2D eigenvalue weighted by Gasteiger charge is -2.15. The van der Waals surface area contributed by atoms with Gasteiger partial charge in [-0.25, -0.2) is 0 Å². The van der Waals surface area contributed by atoms with Gasteiger partial charge in [0.1, 0.15) is 0 Å². The first-order valence-corrected chi connectivity index (χ1v) is 7.41. The predicted molar refractivity (Wildman–Crippen MR) is 77.9 cm³/mol. The molecule has 0 saturated carbocycles. The maximum Gasteiger partial charge on any atom is 0.0345 e. The molecule has 1 aromatic carbocycles. The summed E-state index contributed by atoms with van der Waals surface area (Å²) in [7, 11) is 0. The molecule has 0 aliphatic rings. The normalized spacial score (nSPS) is 13.1. The molecule has 17 heavy (non-hydrogen) atoms. The maximum atomic E-state index is 3.55. The second-order valence-corrected chi connectivity index (χ2v) is 5.37. The largest absolute Gasteiger partial charge is 0.314 e. The highest BCUT2D eigenvalue weighted by molar-refractivity contribution is 7.17. The fourth-order valence-electron chi connectivity index (χ4n) is 2.30. The predicted octanol–water partition coefficient (Wildman–Crippen LogP) is 4.22. The van der Waals surface area contributed by atoms with Gasteiger partial charge in [-0.2, -0.15) is 0 Å². The summed E-state index contributed by atoms with van der Waals surface area (Å²) < 4.78 is 1.42. The van der Waals surface area contributed by atoms with Crippen LogP contribution in [0.2, 0.25) is 0 Å². The smallest absolute Gasteiger partial charge is 0.0345 e. The fraction of sp³-hybridized carbons (Fsp3) is 0.467. The van der Waals surface area contributed by atoms with Gasteiger partial charge in [-0.05, 0) is 48.2 Å². The summed E-state index contributed by atoms with van der Waals surface area (Å²) >= 11 is 1.87. The van der Waals surface area contributed by atoms with Crippen molar-refractivity contribution in [1.29, 1.82) is 0 Å². The number of rotatable bonds is 6. The molecule has 0 bridgehead atoms. The van der Waals surface area contributed by atoms with Crippen LogP contribution in [0, 0.1) is 0 Å². The second kappa shape index (κ2) is 6.18. The maximum absolute atomic E-state index is 3.55. The molecule has 0 amide bonds. The number of thiophene rings is 1. The first-order valence-electron chi connectivity index (χ1n) is 6.53. The highest BCUT2D eigenvalue weighted by Gasteiger charge is 2.07. The third-order valence-corrected chi connectivity index (χ3v) is 4.32. The number of benzene rings is 1. The van der Waals surface area contributed by atoms with Crippen LogP contribution in [0.1, 0.15) is 32.3 Å². The van der Waals surface area contributed by atoms with E-state index in [2.05, 4.69) is 48.8 Å². The molecule has 1 aromatic heterocycles. The van der Waals surface area contributed by atoms with Gasteiger partial charge >= 0.3 is 0 Å². The average Bonchev–Trinajstić information content (AvgIpc) is 2.78. The Labute approximate surface area is 108 Å². The van der Waals surface area contributed by atoms with E-state index in [0.29, 0.717) is 6.04 Å². The van der Waals surface area contributed by atoms with Crippen LogP contribution in [0.4, 0.5) is 0 Å². The van der Waals surface area contributed by atoms with Gasteiger partial charge in [0.2, 0.25) is 0 Å². The van der Waals surface area contributed by atoms with E-state index in [0.717, 1.165) is 6.54 Å². The van der Waals surface area contributed by atoms with E-state index in [1.807, 2.05) is 11.3 Å². The Morgan fingerprint density at radius 1 is 1.24 bits per heavy atom. The van der Waals surface area contributed by atoms with Gasteiger partial charge in [0, 0.05) is 10.7 Å². The van der Waals surface area contributed by atoms with Crippen LogP contribution in [0.3, 0.4) is 0 Å². The number of fused-ring (bicyclic) bond motifs is 1. The lowest BCUT2D eigenvalue weighted by Crippen LogP contribution is -2.28. The van der Waals surface area contributed by atoms with Crippen LogP contribution in [0.25, 0.3) is 10.1 Å². The summed E-state index contributed by atoms with van der Waals surface area (Å²) in [6, 6.07) is 9.38. The van der Waals surface area contributed by atoms with Gasteiger partial charge in [-0.15, -0.1) is 11.3 Å². The fourth-order valence-corrected chi connectivity index (χ4v) is 3.29. The Bertz CT molecular complexity index is 461. The van der Waals surface area contributed by atoms with E-state index < -0.39 is 0 Å². The molecular weight excluding hydrogens is 226 g/mol. The Kier molecular flexibility index (Phi) is 4.57. The van der Waals surface area contributed by atoms with E-state index in [1.54, 1.807) is 0 Å². The summed E-state index contributed by atoms with van der Waals surface area (Å²) in [4.78, 5) is 0. The van der Waals surface area contributed by atoms with Crippen LogP contribution in [-0.4, -0.2) is 12.6 Å². The van der Waals surface area contributed by atoms with Gasteiger partial charge in [-0.1, -0.05) is 32.0 Å². The summed E-state index contributed by atoms with van der Waals surface area (Å²) in [5, 5.41) is 7.32. The molecule has 1 nitrogen and oxygen atoms in total. The van der Waals surface area contributed by atoms with Crippen molar-refractivity contribution >= 4 is 21.4 Å². The molecule has 0 radical (unpaired) electrons. The summed E-state index contributed by atoms with van der Waals surface area (Å²) in [6.07, 6.45) is 3.65. The first-order chi connectivity index (χ1) is 8.35. The Morgan fingerprint density at radius 3 is 2.82 bits per heavy atom. The van der Waals surface area contributed by atoms with Crippen molar-refractivity contribution in [2.45, 2.75) is 39.2 Å². The molecule has 1 N–H and O–H groups in total. The topological polar surface area (TPSA) is 12.0 Å². The van der Waals surface area contributed by atoms with Crippen LogP contribution in [0.15, 0.2) is 29.6 Å². The molecule has 1 unspecified atom stereocenters. The average molecular weight is 247 g/mol. The molecule has 0 aliphatic carbocycles. The van der Waals surface area contributed by atoms with Crippen LogP contribution in [0.5, 0.6) is 0 Å². The van der Waals surface area contributed by atoms with Gasteiger partial charge in [-0.3, -0.25) is 0 Å². The van der Waals surface area contributed by atoms with E-state index in [9.17, 15) is 0 Å². The van der Waals surface area contributed by atoms with Crippen molar-refractivity contribution in [2.24, 2.45) is 0 Å². The Balaban J connectivity index is 2.03. The van der Waals surface area contributed by atoms with E-state index in [4.69, 9.17) is 0 Å². The summed E-state index contributed by atoms with van der Waals surface area (Å²) in [5.41, 5.74) is 1.52. The minimum absolute atomic E-state index is 0.665. The van der Waals surface area contributed by atoms with E-state index >= 15 is 0 Å². The molecule has 1 atom stereocenters. The highest BCUT2D eigenvalue weighted by Crippen LogP contribution is 2.26. The van der Waals surface area contributed by atoms with E-state index in [1.165, 1.54) is 34.9 Å². The Morgan fingerprint density at radius 2 is 2.06 bits per heavy atom. The van der Waals surface area contributed by atoms with E-state index in [-0.39, 0.29) is 0 Å². The molecule has 0 saturated heterocycles. The van der Waals surface area contributed by atoms with Crippen molar-refractivity contribution in [1.82, 2.24) is 5.32 Å². The monoisotopic (exact) mass is 247 g/mol. The minimum atomic E-state index is 0.665. The number of hydrogen-bond acceptors (Lipinski definition) is 2. The molecule has 2 rings (SSSR count). The first kappa shape index (κ1) is 12.6. The highest BCUT2D eigenvalue weighted by atomic mass is 32.1. The molecule has 1 heterocycles. The van der Waals surface area contributed by atoms with Crippen molar-refractivity contribution in [3.8, 4) is 0 Å². The quantitative estimate of drug-likeness (QED) is 0.806. The van der Waals surface area contributed by atoms with Gasteiger partial charge < -0.3 is 5.32 Å². The van der Waals surface area contributed by atoms with Gasteiger partial charge in [0.25, 0.3) is 0 Å². The van der Waals surface area contributed by atoms with Crippen LogP contribution >= 0.6 is 11.3 Å². The number of nitrogens with one attached hydrogen (secondary N) is 1. The van der Waals surface area contributed by atoms with Crippen molar-refractivity contribution in [3.05, 3.63) is 35.2 Å². The minimum Gasteiger partial charge on any atom is -0.314 e. The summed E-state index contributed by atoms with van der Waals surface area (Å²) in [5.74, 6) is 0. The molecule has 2 heteroatoms. The third-order valence-electron chi connectivity index (χ3n) is 3.31. The van der Waals surface area contributed by atoms with Crippen molar-refractivity contribution < 1.29 is 0 Å². The Hall–Kier alpha value is -0.860. The zero-order chi connectivity index (χ0) is 12.1. The standard InChI is InChI=1S/C15H21NS/c1-3-13(16-4-2)10-9-12-11-17-15-8-6-5-7-14(12)15/h5-8,11,13,16H,3-4,9-10H2,1-2H3. The SMILES string of the molecule is CCNC(CC)CCc1csc2ccccc12. The molecular formula is C15H21NS. The molecule has 0 spiro atoms. The summed E-state index contributed by atoms with van der Waals surface area (Å²) in [6.45, 7) is 5.52. The number of aryl methyl sites for hydroxylation is 1. The molecule has 0 fully saturated rings.